The van der Waals surface area contributed by atoms with Gasteiger partial charge < -0.3 is 10.1 Å². The zero-order chi connectivity index (χ0) is 16.9. The van der Waals surface area contributed by atoms with Crippen LogP contribution in [0.15, 0.2) is 48.5 Å². The summed E-state index contributed by atoms with van der Waals surface area (Å²) in [5, 5.41) is 3.05. The lowest BCUT2D eigenvalue weighted by Gasteiger charge is -2.07. The van der Waals surface area contributed by atoms with Crippen molar-refractivity contribution in [3.63, 3.8) is 0 Å². The molecule has 0 spiro atoms. The molecule has 0 aromatic heterocycles. The fourth-order valence-electron chi connectivity index (χ4n) is 3.07. The number of benzene rings is 2. The van der Waals surface area contributed by atoms with E-state index < -0.39 is 0 Å². The van der Waals surface area contributed by atoms with Crippen molar-refractivity contribution in [1.29, 1.82) is 0 Å². The molecule has 0 saturated heterocycles. The zero-order valence-corrected chi connectivity index (χ0v) is 14.4. The van der Waals surface area contributed by atoms with Crippen LogP contribution in [0, 0.1) is 5.92 Å². The van der Waals surface area contributed by atoms with Crippen LogP contribution in [-0.4, -0.2) is 13.0 Å². The maximum absolute atomic E-state index is 12.4. The molecule has 0 radical (unpaired) electrons. The normalized spacial score (nSPS) is 18.9. The van der Waals surface area contributed by atoms with Crippen LogP contribution in [0.3, 0.4) is 0 Å². The Morgan fingerprint density at radius 1 is 1.12 bits per heavy atom. The number of hydrogen-bond donors (Lipinski definition) is 1. The average molecular weight is 323 g/mol. The van der Waals surface area contributed by atoms with Gasteiger partial charge >= 0.3 is 0 Å². The summed E-state index contributed by atoms with van der Waals surface area (Å²) in [6.07, 6.45) is 4.43. The fourth-order valence-corrected chi connectivity index (χ4v) is 3.07. The van der Waals surface area contributed by atoms with Gasteiger partial charge in [0.2, 0.25) is 5.91 Å². The molecule has 1 aliphatic carbocycles. The minimum Gasteiger partial charge on any atom is -0.497 e. The van der Waals surface area contributed by atoms with Gasteiger partial charge in [-0.2, -0.15) is 0 Å². The van der Waals surface area contributed by atoms with E-state index in [-0.39, 0.29) is 11.8 Å². The van der Waals surface area contributed by atoms with Crippen LogP contribution in [0.4, 0.5) is 5.69 Å². The first kappa shape index (κ1) is 16.6. The van der Waals surface area contributed by atoms with Crippen molar-refractivity contribution in [1.82, 2.24) is 0 Å². The highest BCUT2D eigenvalue weighted by Gasteiger charge is 2.43. The number of amides is 1. The maximum Gasteiger partial charge on any atom is 0.228 e. The molecular weight excluding hydrogens is 298 g/mol. The van der Waals surface area contributed by atoms with Gasteiger partial charge in [-0.05, 0) is 60.6 Å². The Bertz CT molecular complexity index is 676. The molecule has 2 aromatic rings. The molecule has 3 nitrogen and oxygen atoms in total. The zero-order valence-electron chi connectivity index (χ0n) is 14.4. The molecule has 0 bridgehead atoms. The molecule has 1 aliphatic rings. The van der Waals surface area contributed by atoms with Crippen LogP contribution in [0.1, 0.15) is 43.2 Å². The van der Waals surface area contributed by atoms with Crippen LogP contribution in [0.25, 0.3) is 0 Å². The predicted octanol–water partition coefficient (Wildman–Crippen LogP) is 4.78. The highest BCUT2D eigenvalue weighted by Crippen LogP contribution is 2.48. The molecule has 3 rings (SSSR count). The first-order valence-electron chi connectivity index (χ1n) is 8.75. The number of methoxy groups -OCH3 is 1. The maximum atomic E-state index is 12.4. The number of rotatable bonds is 7. The lowest BCUT2D eigenvalue weighted by atomic mass is 10.1. The van der Waals surface area contributed by atoms with E-state index in [4.69, 9.17) is 4.74 Å². The van der Waals surface area contributed by atoms with Crippen molar-refractivity contribution in [3.8, 4) is 5.75 Å². The van der Waals surface area contributed by atoms with Gasteiger partial charge in [0.1, 0.15) is 5.75 Å². The lowest BCUT2D eigenvalue weighted by Crippen LogP contribution is -2.14. The van der Waals surface area contributed by atoms with Crippen LogP contribution in [0.5, 0.6) is 5.75 Å². The molecule has 2 aromatic carbocycles. The van der Waals surface area contributed by atoms with Gasteiger partial charge in [-0.25, -0.2) is 0 Å². The summed E-state index contributed by atoms with van der Waals surface area (Å²) in [5.41, 5.74) is 3.43. The molecule has 126 valence electrons. The molecule has 0 aliphatic heterocycles. The molecule has 1 amide bonds. The van der Waals surface area contributed by atoms with Gasteiger partial charge in [0.15, 0.2) is 0 Å². The van der Waals surface area contributed by atoms with E-state index in [1.165, 1.54) is 24.0 Å². The molecule has 3 heteroatoms. The predicted molar refractivity (Wildman–Crippen MR) is 97.5 cm³/mol. The second kappa shape index (κ2) is 7.52. The number of carbonyl (C=O) groups excluding carboxylic acids is 1. The minimum atomic E-state index is 0.0816. The van der Waals surface area contributed by atoms with E-state index in [1.807, 2.05) is 24.3 Å². The first-order valence-corrected chi connectivity index (χ1v) is 8.75. The van der Waals surface area contributed by atoms with Crippen LogP contribution in [-0.2, 0) is 11.2 Å². The SMILES string of the molecule is CCCCc1ccc(NC(=O)C2CC2c2ccc(OC)cc2)cc1. The number of carbonyl (C=O) groups is 1. The molecule has 1 saturated carbocycles. The van der Waals surface area contributed by atoms with Gasteiger partial charge in [0.25, 0.3) is 0 Å². The first-order chi connectivity index (χ1) is 11.7. The van der Waals surface area contributed by atoms with E-state index in [1.54, 1.807) is 7.11 Å². The summed E-state index contributed by atoms with van der Waals surface area (Å²) < 4.78 is 5.18. The van der Waals surface area contributed by atoms with Gasteiger partial charge in [-0.1, -0.05) is 37.6 Å². The molecule has 1 N–H and O–H groups in total. The standard InChI is InChI=1S/C21H25NO2/c1-3-4-5-15-6-10-17(11-7-15)22-21(23)20-14-19(20)16-8-12-18(24-2)13-9-16/h6-13,19-20H,3-5,14H2,1-2H3,(H,22,23). The Labute approximate surface area is 144 Å². The Hall–Kier alpha value is -2.29. The van der Waals surface area contributed by atoms with Crippen molar-refractivity contribution in [3.05, 3.63) is 59.7 Å². The third-order valence-electron chi connectivity index (χ3n) is 4.71. The van der Waals surface area contributed by atoms with E-state index in [9.17, 15) is 4.79 Å². The molecule has 0 heterocycles. The van der Waals surface area contributed by atoms with Crippen LogP contribution >= 0.6 is 0 Å². The van der Waals surface area contributed by atoms with E-state index in [0.717, 1.165) is 24.3 Å². The third kappa shape index (κ3) is 3.97. The van der Waals surface area contributed by atoms with Crippen molar-refractivity contribution in [2.24, 2.45) is 5.92 Å². The molecule has 2 atom stereocenters. The van der Waals surface area contributed by atoms with Crippen LogP contribution in [0.2, 0.25) is 0 Å². The second-order valence-corrected chi connectivity index (χ2v) is 6.51. The number of ether oxygens (including phenoxy) is 1. The highest BCUT2D eigenvalue weighted by molar-refractivity contribution is 5.95. The van der Waals surface area contributed by atoms with E-state index in [2.05, 4.69) is 36.5 Å². The summed E-state index contributed by atoms with van der Waals surface area (Å²) in [5.74, 6) is 1.39. The lowest BCUT2D eigenvalue weighted by molar-refractivity contribution is -0.117. The van der Waals surface area contributed by atoms with Crippen molar-refractivity contribution in [2.45, 2.75) is 38.5 Å². The summed E-state index contributed by atoms with van der Waals surface area (Å²) >= 11 is 0. The molecule has 2 unspecified atom stereocenters. The summed E-state index contributed by atoms with van der Waals surface area (Å²) in [4.78, 5) is 12.4. The van der Waals surface area contributed by atoms with Crippen LogP contribution < -0.4 is 10.1 Å². The Morgan fingerprint density at radius 3 is 2.46 bits per heavy atom. The third-order valence-corrected chi connectivity index (χ3v) is 4.71. The summed E-state index contributed by atoms with van der Waals surface area (Å²) in [6.45, 7) is 2.20. The van der Waals surface area contributed by atoms with Gasteiger partial charge in [-0.3, -0.25) is 4.79 Å². The number of unbranched alkanes of at least 4 members (excludes halogenated alkanes) is 1. The minimum absolute atomic E-state index is 0.0816. The Balaban J connectivity index is 1.54. The number of aryl methyl sites for hydroxylation is 1. The van der Waals surface area contributed by atoms with Crippen molar-refractivity contribution >= 4 is 11.6 Å². The topological polar surface area (TPSA) is 38.3 Å². The number of nitrogens with one attached hydrogen (secondary N) is 1. The highest BCUT2D eigenvalue weighted by atomic mass is 16.5. The van der Waals surface area contributed by atoms with Crippen molar-refractivity contribution < 1.29 is 9.53 Å². The summed E-state index contributed by atoms with van der Waals surface area (Å²) in [6, 6.07) is 16.3. The van der Waals surface area contributed by atoms with E-state index >= 15 is 0 Å². The average Bonchev–Trinajstić information content (AvgIpc) is 3.42. The fraction of sp³-hybridized carbons (Fsp3) is 0.381. The molecular formula is C21H25NO2. The largest absolute Gasteiger partial charge is 0.497 e. The van der Waals surface area contributed by atoms with Gasteiger partial charge in [0, 0.05) is 11.6 Å². The quantitative estimate of drug-likeness (QED) is 0.796. The molecule has 24 heavy (non-hydrogen) atoms. The number of hydrogen-bond acceptors (Lipinski definition) is 2. The smallest absolute Gasteiger partial charge is 0.228 e. The summed E-state index contributed by atoms with van der Waals surface area (Å²) in [7, 11) is 1.66. The second-order valence-electron chi connectivity index (χ2n) is 6.51. The number of anilines is 1. The monoisotopic (exact) mass is 323 g/mol. The Kier molecular flexibility index (Phi) is 5.19. The van der Waals surface area contributed by atoms with Gasteiger partial charge in [-0.15, -0.1) is 0 Å². The van der Waals surface area contributed by atoms with Crippen molar-refractivity contribution in [2.75, 3.05) is 12.4 Å². The Morgan fingerprint density at radius 2 is 1.83 bits per heavy atom. The van der Waals surface area contributed by atoms with E-state index in [0.29, 0.717) is 5.92 Å². The molecule has 1 fully saturated rings. The van der Waals surface area contributed by atoms with Gasteiger partial charge in [0.05, 0.1) is 7.11 Å².